The van der Waals surface area contributed by atoms with E-state index >= 15 is 0 Å². The Morgan fingerprint density at radius 1 is 1.05 bits per heavy atom. The lowest BCUT2D eigenvalue weighted by atomic mass is 9.91. The minimum Gasteiger partial charge on any atom is -0.548 e. The summed E-state index contributed by atoms with van der Waals surface area (Å²) in [5, 5.41) is 0. The predicted molar refractivity (Wildman–Crippen MR) is 93.9 cm³/mol. The van der Waals surface area contributed by atoms with Crippen LogP contribution in [0.15, 0.2) is 42.2 Å². The highest BCUT2D eigenvalue weighted by molar-refractivity contribution is 6.70. The van der Waals surface area contributed by atoms with E-state index in [0.717, 1.165) is 6.42 Å². The van der Waals surface area contributed by atoms with Gasteiger partial charge >= 0.3 is 0 Å². The third kappa shape index (κ3) is 6.51. The molecule has 21 heavy (non-hydrogen) atoms. The first-order chi connectivity index (χ1) is 10.0. The van der Waals surface area contributed by atoms with Crippen LogP contribution >= 0.6 is 0 Å². The molecule has 0 bridgehead atoms. The van der Waals surface area contributed by atoms with E-state index in [-0.39, 0.29) is 0 Å². The molecular formula is C19H30OSi. The minimum atomic E-state index is -1.47. The lowest BCUT2D eigenvalue weighted by Gasteiger charge is -2.25. The average Bonchev–Trinajstić information content (AvgIpc) is 2.40. The summed E-state index contributed by atoms with van der Waals surface area (Å²) < 4.78 is 6.30. The molecule has 0 saturated carbocycles. The first-order valence-electron chi connectivity index (χ1n) is 8.46. The smallest absolute Gasteiger partial charge is 0.241 e. The van der Waals surface area contributed by atoms with E-state index in [9.17, 15) is 0 Å². The second kappa shape index (κ2) is 7.84. The molecule has 2 rings (SSSR count). The maximum atomic E-state index is 6.30. The molecule has 0 aliphatic heterocycles. The number of rotatable bonds is 5. The summed E-state index contributed by atoms with van der Waals surface area (Å²) in [4.78, 5) is 0. The van der Waals surface area contributed by atoms with Crippen LogP contribution in [0.2, 0.25) is 19.6 Å². The van der Waals surface area contributed by atoms with Crippen molar-refractivity contribution >= 4 is 8.32 Å². The fourth-order valence-corrected chi connectivity index (χ4v) is 3.97. The Morgan fingerprint density at radius 2 is 1.81 bits per heavy atom. The van der Waals surface area contributed by atoms with Gasteiger partial charge in [0.1, 0.15) is 0 Å². The molecule has 1 aromatic rings. The zero-order valence-corrected chi connectivity index (χ0v) is 14.9. The fourth-order valence-electron chi connectivity index (χ4n) is 3.01. The summed E-state index contributed by atoms with van der Waals surface area (Å²) in [6.07, 6.45) is 11.4. The summed E-state index contributed by atoms with van der Waals surface area (Å²) in [5.74, 6) is 1.98. The van der Waals surface area contributed by atoms with Crippen molar-refractivity contribution in [2.24, 2.45) is 5.92 Å². The highest BCUT2D eigenvalue weighted by Crippen LogP contribution is 2.27. The fraction of sp³-hybridized carbons (Fsp3) is 0.579. The van der Waals surface area contributed by atoms with Gasteiger partial charge in [0.15, 0.2) is 0 Å². The zero-order chi connectivity index (χ0) is 15.1. The van der Waals surface area contributed by atoms with Gasteiger partial charge in [-0.1, -0.05) is 43.2 Å². The average molecular weight is 303 g/mol. The molecule has 0 spiro atoms. The van der Waals surface area contributed by atoms with Crippen LogP contribution in [-0.4, -0.2) is 8.32 Å². The predicted octanol–water partition coefficient (Wildman–Crippen LogP) is 5.93. The van der Waals surface area contributed by atoms with Crippen molar-refractivity contribution in [1.29, 1.82) is 0 Å². The quantitative estimate of drug-likeness (QED) is 0.612. The van der Waals surface area contributed by atoms with Gasteiger partial charge in [-0.3, -0.25) is 0 Å². The largest absolute Gasteiger partial charge is 0.548 e. The standard InChI is InChI=1S/C19H30OSi/c1-21(2,3)20-19-13-9-5-8-12-18(16-19)15-14-17-10-6-4-7-11-17/h4,6-7,10-11,16,18H,5,8-9,12-15H2,1-3H3/b19-16+. The van der Waals surface area contributed by atoms with E-state index in [1.807, 2.05) is 0 Å². The minimum absolute atomic E-state index is 0.692. The van der Waals surface area contributed by atoms with E-state index in [1.54, 1.807) is 0 Å². The van der Waals surface area contributed by atoms with E-state index in [1.165, 1.54) is 49.8 Å². The molecule has 1 atom stereocenters. The van der Waals surface area contributed by atoms with Gasteiger partial charge in [0, 0.05) is 6.42 Å². The van der Waals surface area contributed by atoms with Crippen molar-refractivity contribution in [1.82, 2.24) is 0 Å². The summed E-state index contributed by atoms with van der Waals surface area (Å²) in [7, 11) is -1.47. The molecule has 0 heterocycles. The third-order valence-corrected chi connectivity index (χ3v) is 4.88. The van der Waals surface area contributed by atoms with Crippen molar-refractivity contribution in [3.63, 3.8) is 0 Å². The first kappa shape index (κ1) is 16.3. The van der Waals surface area contributed by atoms with Crippen LogP contribution in [-0.2, 0) is 10.8 Å². The number of benzene rings is 1. The Hall–Kier alpha value is -1.02. The Kier molecular flexibility index (Phi) is 6.10. The van der Waals surface area contributed by atoms with Crippen LogP contribution in [0.4, 0.5) is 0 Å². The molecule has 116 valence electrons. The molecule has 0 N–H and O–H groups in total. The molecular weight excluding hydrogens is 272 g/mol. The second-order valence-corrected chi connectivity index (χ2v) is 11.7. The normalized spacial score (nSPS) is 22.8. The molecule has 0 amide bonds. The van der Waals surface area contributed by atoms with Gasteiger partial charge < -0.3 is 4.43 Å². The number of hydrogen-bond donors (Lipinski definition) is 0. The number of hydrogen-bond acceptors (Lipinski definition) is 1. The van der Waals surface area contributed by atoms with Gasteiger partial charge in [-0.2, -0.15) is 0 Å². The summed E-state index contributed by atoms with van der Waals surface area (Å²) in [6.45, 7) is 6.85. The number of allylic oxidation sites excluding steroid dienone is 2. The van der Waals surface area contributed by atoms with E-state index in [4.69, 9.17) is 4.43 Å². The molecule has 0 aromatic heterocycles. The maximum absolute atomic E-state index is 6.30. The van der Waals surface area contributed by atoms with Crippen molar-refractivity contribution in [3.8, 4) is 0 Å². The van der Waals surface area contributed by atoms with Crippen molar-refractivity contribution in [2.75, 3.05) is 0 Å². The molecule has 1 aliphatic carbocycles. The molecule has 1 nitrogen and oxygen atoms in total. The molecule has 1 aromatic carbocycles. The molecule has 0 radical (unpaired) electrons. The Labute approximate surface area is 131 Å². The van der Waals surface area contributed by atoms with E-state index in [2.05, 4.69) is 56.0 Å². The summed E-state index contributed by atoms with van der Waals surface area (Å²) in [5.41, 5.74) is 1.46. The molecule has 1 aliphatic rings. The highest BCUT2D eigenvalue weighted by Gasteiger charge is 2.19. The van der Waals surface area contributed by atoms with Crippen molar-refractivity contribution in [3.05, 3.63) is 47.7 Å². The van der Waals surface area contributed by atoms with Crippen LogP contribution in [0.25, 0.3) is 0 Å². The monoisotopic (exact) mass is 302 g/mol. The SMILES string of the molecule is C[Si](C)(C)O/C1=C/C(CCc2ccccc2)CCCCC1. The zero-order valence-electron chi connectivity index (χ0n) is 13.9. The van der Waals surface area contributed by atoms with E-state index < -0.39 is 8.32 Å². The van der Waals surface area contributed by atoms with Gasteiger partial charge in [-0.15, -0.1) is 0 Å². The molecule has 0 fully saturated rings. The Balaban J connectivity index is 1.97. The molecule has 2 heteroatoms. The lowest BCUT2D eigenvalue weighted by molar-refractivity contribution is 0.364. The Morgan fingerprint density at radius 3 is 2.52 bits per heavy atom. The van der Waals surface area contributed by atoms with Crippen molar-refractivity contribution in [2.45, 2.75) is 64.6 Å². The maximum Gasteiger partial charge on any atom is 0.241 e. The van der Waals surface area contributed by atoms with Crippen LogP contribution in [0.3, 0.4) is 0 Å². The van der Waals surface area contributed by atoms with Gasteiger partial charge in [0.2, 0.25) is 8.32 Å². The highest BCUT2D eigenvalue weighted by atomic mass is 28.4. The third-order valence-electron chi connectivity index (χ3n) is 4.00. The van der Waals surface area contributed by atoms with E-state index in [0.29, 0.717) is 5.92 Å². The van der Waals surface area contributed by atoms with Crippen LogP contribution in [0.5, 0.6) is 0 Å². The van der Waals surface area contributed by atoms with Crippen molar-refractivity contribution < 1.29 is 4.43 Å². The summed E-state index contributed by atoms with van der Waals surface area (Å²) >= 11 is 0. The number of aryl methyl sites for hydroxylation is 1. The summed E-state index contributed by atoms with van der Waals surface area (Å²) in [6, 6.07) is 10.9. The molecule has 0 saturated heterocycles. The Bertz CT molecular complexity index is 444. The van der Waals surface area contributed by atoms with Gasteiger partial charge in [0.25, 0.3) is 0 Å². The molecule has 1 unspecified atom stereocenters. The van der Waals surface area contributed by atoms with Gasteiger partial charge in [-0.25, -0.2) is 0 Å². The first-order valence-corrected chi connectivity index (χ1v) is 11.9. The van der Waals surface area contributed by atoms with Crippen LogP contribution in [0.1, 0.15) is 44.1 Å². The lowest BCUT2D eigenvalue weighted by Crippen LogP contribution is -2.25. The van der Waals surface area contributed by atoms with Crippen LogP contribution in [0, 0.1) is 5.92 Å². The van der Waals surface area contributed by atoms with Gasteiger partial charge in [0.05, 0.1) is 5.76 Å². The topological polar surface area (TPSA) is 9.23 Å². The van der Waals surface area contributed by atoms with Gasteiger partial charge in [-0.05, 0) is 62.9 Å². The van der Waals surface area contributed by atoms with Crippen LogP contribution < -0.4 is 0 Å². The second-order valence-electron chi connectivity index (χ2n) is 7.23.